The van der Waals surface area contributed by atoms with Crippen molar-refractivity contribution in [3.63, 3.8) is 0 Å². The molecule has 302 valence electrons. The summed E-state index contributed by atoms with van der Waals surface area (Å²) in [4.78, 5) is 0. The van der Waals surface area contributed by atoms with Gasteiger partial charge >= 0.3 is 0 Å². The number of nitrogens with zero attached hydrogens (tertiary/aromatic N) is 4. The minimum Gasteiger partial charge on any atom is -0.313 e. The third-order valence-electron chi connectivity index (χ3n) is 14.3. The fourth-order valence-electron chi connectivity index (χ4n) is 11.6. The molecule has 0 aliphatic heterocycles. The summed E-state index contributed by atoms with van der Waals surface area (Å²) < 4.78 is 9.80. The molecule has 4 nitrogen and oxygen atoms in total. The van der Waals surface area contributed by atoms with E-state index in [-0.39, 0.29) is 0 Å². The van der Waals surface area contributed by atoms with E-state index in [4.69, 9.17) is 0 Å². The minimum absolute atomic E-state index is 0.824. The Morgan fingerprint density at radius 3 is 1.32 bits per heavy atom. The van der Waals surface area contributed by atoms with Crippen LogP contribution in [0.25, 0.3) is 121 Å². The van der Waals surface area contributed by atoms with Crippen molar-refractivity contribution in [3.8, 4) is 17.1 Å². The molecule has 0 N–H and O–H groups in total. The van der Waals surface area contributed by atoms with Crippen molar-refractivity contribution in [2.45, 2.75) is 6.42 Å². The molecule has 0 saturated carbocycles. The molecule has 0 fully saturated rings. The van der Waals surface area contributed by atoms with Crippen LogP contribution in [0.1, 0.15) is 16.8 Å². The van der Waals surface area contributed by atoms with Crippen LogP contribution in [0.3, 0.4) is 0 Å². The third-order valence-corrected chi connectivity index (χ3v) is 14.3. The zero-order valence-electron chi connectivity index (χ0n) is 35.3. The Labute approximate surface area is 373 Å². The van der Waals surface area contributed by atoms with Crippen LogP contribution in [0.5, 0.6) is 0 Å². The number of rotatable bonds is 4. The number of aromatic nitrogens is 4. The van der Waals surface area contributed by atoms with Crippen LogP contribution < -0.4 is 0 Å². The van der Waals surface area contributed by atoms with Crippen molar-refractivity contribution in [2.24, 2.45) is 0 Å². The van der Waals surface area contributed by atoms with E-state index >= 15 is 0 Å². The van der Waals surface area contributed by atoms with Crippen molar-refractivity contribution in [2.75, 3.05) is 0 Å². The van der Waals surface area contributed by atoms with Gasteiger partial charge in [-0.2, -0.15) is 0 Å². The number of hydrogen-bond donors (Lipinski definition) is 0. The van der Waals surface area contributed by atoms with Gasteiger partial charge in [-0.05, 0) is 102 Å². The number of hydrogen-bond acceptors (Lipinski definition) is 0. The first-order valence-corrected chi connectivity index (χ1v) is 22.6. The average molecular weight is 827 g/mol. The van der Waals surface area contributed by atoms with Crippen LogP contribution >= 0.6 is 0 Å². The Hall–Kier alpha value is -8.60. The van der Waals surface area contributed by atoms with Gasteiger partial charge < -0.3 is 18.1 Å². The molecule has 0 atom stereocenters. The lowest BCUT2D eigenvalue weighted by atomic mass is 10.00. The summed E-state index contributed by atoms with van der Waals surface area (Å²) in [7, 11) is 0. The lowest BCUT2D eigenvalue weighted by Crippen LogP contribution is -2.01. The standard InChI is InChI=1S/C61H38N4/c1-7-21-53-43(15-1)44-16-2-8-22-54(44)62(53)40-29-31-41(32-30-40)63-55-23-9-3-17-45(55)49-34-38(14-13-27-59(49)63)39-28-33-60-50(35-39)46-18-4-10-24-56(46)64(60)42-36-51-47-19-5-11-25-57(47)65-58-26-12-6-20-48(58)52(37-42)61(51)65/h1-26,28-37H,27H2. The van der Waals surface area contributed by atoms with Crippen molar-refractivity contribution < 1.29 is 0 Å². The SMILES string of the molecule is C1=CC(c2ccc3c(c2)c2ccccc2n3-c2cc3c4ccccc4n4c5ccccc5c(c2)c34)=Cc2c(n(-c3ccc(-n4c5ccccc5c5ccccc54)cc3)c3ccccc23)C1. The maximum Gasteiger partial charge on any atom is 0.0622 e. The molecule has 0 bridgehead atoms. The Morgan fingerprint density at radius 2 is 0.754 bits per heavy atom. The van der Waals surface area contributed by atoms with Crippen LogP contribution in [-0.2, 0) is 6.42 Å². The molecule has 15 rings (SSSR count). The predicted octanol–water partition coefficient (Wildman–Crippen LogP) is 15.6. The van der Waals surface area contributed by atoms with Crippen molar-refractivity contribution in [3.05, 3.63) is 229 Å². The Balaban J connectivity index is 0.876. The third kappa shape index (κ3) is 4.75. The molecule has 4 heteroatoms. The minimum atomic E-state index is 0.824. The second-order valence-corrected chi connectivity index (χ2v) is 17.6. The molecule has 5 heterocycles. The summed E-state index contributed by atoms with van der Waals surface area (Å²) in [6.45, 7) is 0. The van der Waals surface area contributed by atoms with Gasteiger partial charge in [-0.1, -0.05) is 127 Å². The molecule has 0 radical (unpaired) electrons. The van der Waals surface area contributed by atoms with E-state index in [9.17, 15) is 0 Å². The molecule has 65 heavy (non-hydrogen) atoms. The fraction of sp³-hybridized carbons (Fsp3) is 0.0164. The summed E-state index contributed by atoms with van der Waals surface area (Å²) in [5, 5.41) is 11.5. The smallest absolute Gasteiger partial charge is 0.0622 e. The number of benzene rings is 9. The number of fused-ring (bicyclic) bond motifs is 15. The van der Waals surface area contributed by atoms with E-state index in [0.29, 0.717) is 0 Å². The van der Waals surface area contributed by atoms with Gasteiger partial charge in [0.25, 0.3) is 0 Å². The summed E-state index contributed by atoms with van der Waals surface area (Å²) in [5.41, 5.74) is 18.4. The van der Waals surface area contributed by atoms with E-state index in [1.807, 2.05) is 0 Å². The molecule has 0 spiro atoms. The van der Waals surface area contributed by atoms with E-state index in [2.05, 4.69) is 237 Å². The molecular formula is C61H38N4. The summed E-state index contributed by atoms with van der Waals surface area (Å²) in [5.74, 6) is 0. The second kappa shape index (κ2) is 13.0. The highest BCUT2D eigenvalue weighted by atomic mass is 15.0. The highest BCUT2D eigenvalue weighted by Gasteiger charge is 2.23. The van der Waals surface area contributed by atoms with Crippen molar-refractivity contribution in [1.29, 1.82) is 0 Å². The van der Waals surface area contributed by atoms with Gasteiger partial charge in [0.15, 0.2) is 0 Å². The van der Waals surface area contributed by atoms with Gasteiger partial charge in [0.05, 0.1) is 44.1 Å². The zero-order chi connectivity index (χ0) is 42.3. The Morgan fingerprint density at radius 1 is 0.323 bits per heavy atom. The van der Waals surface area contributed by atoms with Gasteiger partial charge in [0.1, 0.15) is 0 Å². The first-order chi connectivity index (χ1) is 32.3. The quantitative estimate of drug-likeness (QED) is 0.168. The van der Waals surface area contributed by atoms with Crippen molar-refractivity contribution >= 4 is 104 Å². The Bertz CT molecular complexity index is 4230. The number of para-hydroxylation sites is 6. The zero-order valence-corrected chi connectivity index (χ0v) is 35.3. The van der Waals surface area contributed by atoms with Crippen molar-refractivity contribution in [1.82, 2.24) is 18.1 Å². The lowest BCUT2D eigenvalue weighted by Gasteiger charge is -2.13. The molecule has 0 unspecified atom stereocenters. The van der Waals surface area contributed by atoms with Crippen LogP contribution in [0.4, 0.5) is 0 Å². The fourth-order valence-corrected chi connectivity index (χ4v) is 11.6. The maximum absolute atomic E-state index is 2.48. The maximum atomic E-state index is 2.48. The largest absolute Gasteiger partial charge is 0.313 e. The van der Waals surface area contributed by atoms with Gasteiger partial charge in [-0.25, -0.2) is 0 Å². The summed E-state index contributed by atoms with van der Waals surface area (Å²) >= 11 is 0. The lowest BCUT2D eigenvalue weighted by molar-refractivity contribution is 1.000. The van der Waals surface area contributed by atoms with Gasteiger partial charge in [0, 0.05) is 83.2 Å². The molecule has 14 aromatic rings. The highest BCUT2D eigenvalue weighted by Crippen LogP contribution is 2.43. The highest BCUT2D eigenvalue weighted by molar-refractivity contribution is 6.24. The van der Waals surface area contributed by atoms with E-state index in [1.54, 1.807) is 0 Å². The van der Waals surface area contributed by atoms with Crippen LogP contribution in [0.15, 0.2) is 212 Å². The molecule has 5 aromatic heterocycles. The first kappa shape index (κ1) is 34.9. The molecule has 1 aliphatic carbocycles. The monoisotopic (exact) mass is 826 g/mol. The summed E-state index contributed by atoms with van der Waals surface area (Å²) in [6, 6.07) is 73.9. The Kier molecular flexibility index (Phi) is 6.97. The van der Waals surface area contributed by atoms with Gasteiger partial charge in [0.2, 0.25) is 0 Å². The van der Waals surface area contributed by atoms with Gasteiger partial charge in [-0.15, -0.1) is 0 Å². The second-order valence-electron chi connectivity index (χ2n) is 17.6. The molecule has 9 aromatic carbocycles. The topological polar surface area (TPSA) is 19.2 Å². The first-order valence-electron chi connectivity index (χ1n) is 22.6. The van der Waals surface area contributed by atoms with E-state index in [0.717, 1.165) is 17.8 Å². The number of allylic oxidation sites excluding steroid dienone is 3. The molecule has 0 amide bonds. The average Bonchev–Trinajstić information content (AvgIpc) is 4.11. The van der Waals surface area contributed by atoms with Crippen LogP contribution in [0.2, 0.25) is 0 Å². The summed E-state index contributed by atoms with van der Waals surface area (Å²) in [6.07, 6.45) is 7.92. The van der Waals surface area contributed by atoms with Crippen LogP contribution in [-0.4, -0.2) is 18.1 Å². The van der Waals surface area contributed by atoms with E-state index < -0.39 is 0 Å². The predicted molar refractivity (Wildman–Crippen MR) is 274 cm³/mol. The normalized spacial score (nSPS) is 13.2. The van der Waals surface area contributed by atoms with Crippen LogP contribution in [0, 0.1) is 0 Å². The molecule has 0 saturated heterocycles. The molecule has 1 aliphatic rings. The van der Waals surface area contributed by atoms with Gasteiger partial charge in [-0.3, -0.25) is 0 Å². The van der Waals surface area contributed by atoms with E-state index in [1.165, 1.54) is 121 Å². The molecular weight excluding hydrogens is 789 g/mol.